The molecule has 1 aromatic carbocycles. The zero-order chi connectivity index (χ0) is 13.1. The Morgan fingerprint density at radius 2 is 2.11 bits per heavy atom. The lowest BCUT2D eigenvalue weighted by Crippen LogP contribution is -2.13. The first-order valence-electron chi connectivity index (χ1n) is 5.25. The molecule has 1 N–H and O–H groups in total. The van der Waals surface area contributed by atoms with E-state index < -0.39 is 0 Å². The van der Waals surface area contributed by atoms with Gasteiger partial charge in [0.2, 0.25) is 0 Å². The summed E-state index contributed by atoms with van der Waals surface area (Å²) in [5, 5.41) is 3.29. The quantitative estimate of drug-likeness (QED) is 0.905. The Bertz CT molecular complexity index is 584. The first-order valence-corrected chi connectivity index (χ1v) is 6.42. The number of carbonyl (C=O) groups excluding carboxylic acids is 1. The number of amides is 1. The molecule has 1 aromatic heterocycles. The Hall–Kier alpha value is -1.39. The molecule has 2 aromatic rings. The molecule has 5 heteroatoms. The van der Waals surface area contributed by atoms with Crippen LogP contribution in [0.2, 0.25) is 5.02 Å². The third-order valence-corrected chi connectivity index (χ3v) is 3.49. The number of hydrogen-bond acceptors (Lipinski definition) is 2. The van der Waals surface area contributed by atoms with Gasteiger partial charge in [-0.25, -0.2) is 4.98 Å². The number of nitrogens with zero attached hydrogens (tertiary/aromatic N) is 1. The van der Waals surface area contributed by atoms with Gasteiger partial charge in [-0.3, -0.25) is 4.79 Å². The zero-order valence-corrected chi connectivity index (χ0v) is 11.9. The molecule has 92 valence electrons. The van der Waals surface area contributed by atoms with Crippen LogP contribution in [-0.4, -0.2) is 10.9 Å². The van der Waals surface area contributed by atoms with Crippen LogP contribution < -0.4 is 5.32 Å². The van der Waals surface area contributed by atoms with E-state index in [2.05, 4.69) is 26.2 Å². The number of anilines is 1. The number of hydrogen-bond donors (Lipinski definition) is 1. The predicted octanol–water partition coefficient (Wildman–Crippen LogP) is 4.06. The second-order valence-corrected chi connectivity index (χ2v) is 5.07. The molecule has 0 spiro atoms. The molecular formula is C13H10BrClN2O. The van der Waals surface area contributed by atoms with Gasteiger partial charge in [-0.05, 0) is 42.8 Å². The summed E-state index contributed by atoms with van der Waals surface area (Å²) >= 11 is 9.12. The Labute approximate surface area is 118 Å². The molecule has 0 unspecified atom stereocenters. The Balaban J connectivity index is 2.16. The van der Waals surface area contributed by atoms with Crippen LogP contribution >= 0.6 is 27.5 Å². The van der Waals surface area contributed by atoms with Crippen LogP contribution in [0.25, 0.3) is 0 Å². The largest absolute Gasteiger partial charge is 0.321 e. The summed E-state index contributed by atoms with van der Waals surface area (Å²) in [6.07, 6.45) is 1.45. The topological polar surface area (TPSA) is 42.0 Å². The Morgan fingerprint density at radius 1 is 1.33 bits per heavy atom. The predicted molar refractivity (Wildman–Crippen MR) is 76.1 cm³/mol. The van der Waals surface area contributed by atoms with E-state index in [0.29, 0.717) is 10.7 Å². The van der Waals surface area contributed by atoms with Crippen molar-refractivity contribution in [1.29, 1.82) is 0 Å². The molecule has 0 aliphatic carbocycles. The maximum atomic E-state index is 11.9. The van der Waals surface area contributed by atoms with Gasteiger partial charge in [0.05, 0.1) is 5.02 Å². The van der Waals surface area contributed by atoms with E-state index in [1.54, 1.807) is 12.1 Å². The average molecular weight is 326 g/mol. The highest BCUT2D eigenvalue weighted by Gasteiger charge is 2.07. The van der Waals surface area contributed by atoms with Crippen molar-refractivity contribution >= 4 is 39.1 Å². The zero-order valence-electron chi connectivity index (χ0n) is 9.58. The van der Waals surface area contributed by atoms with Crippen molar-refractivity contribution in [2.75, 3.05) is 5.32 Å². The lowest BCUT2D eigenvalue weighted by Gasteiger charge is -2.06. The molecule has 0 aliphatic heterocycles. The fourth-order valence-electron chi connectivity index (χ4n) is 1.43. The molecule has 0 saturated heterocycles. The van der Waals surface area contributed by atoms with E-state index in [9.17, 15) is 4.79 Å². The van der Waals surface area contributed by atoms with Crippen molar-refractivity contribution in [2.24, 2.45) is 0 Å². The fourth-order valence-corrected chi connectivity index (χ4v) is 1.79. The summed E-state index contributed by atoms with van der Waals surface area (Å²) in [6.45, 7) is 1.96. The van der Waals surface area contributed by atoms with Crippen LogP contribution in [-0.2, 0) is 0 Å². The lowest BCUT2D eigenvalue weighted by molar-refractivity contribution is 0.102. The number of carbonyl (C=O) groups is 1. The van der Waals surface area contributed by atoms with E-state index in [4.69, 9.17) is 11.6 Å². The summed E-state index contributed by atoms with van der Waals surface area (Å²) in [4.78, 5) is 15.9. The molecular weight excluding hydrogens is 316 g/mol. The number of halogens is 2. The molecule has 0 radical (unpaired) electrons. The van der Waals surface area contributed by atoms with Crippen molar-refractivity contribution in [3.05, 3.63) is 57.3 Å². The standard InChI is InChI=1S/C13H10BrClN2O/c1-8-6-10(3-4-11(8)14)17-13(18)12-5-2-9(15)7-16-12/h2-7H,1H3,(H,17,18). The number of pyridine rings is 1. The lowest BCUT2D eigenvalue weighted by atomic mass is 10.2. The van der Waals surface area contributed by atoms with Gasteiger partial charge >= 0.3 is 0 Å². The van der Waals surface area contributed by atoms with Gasteiger partial charge < -0.3 is 5.32 Å². The molecule has 3 nitrogen and oxygen atoms in total. The van der Waals surface area contributed by atoms with Crippen LogP contribution in [0.15, 0.2) is 41.0 Å². The van der Waals surface area contributed by atoms with E-state index in [1.807, 2.05) is 25.1 Å². The molecule has 2 rings (SSSR count). The van der Waals surface area contributed by atoms with Crippen molar-refractivity contribution in [2.45, 2.75) is 6.92 Å². The maximum absolute atomic E-state index is 11.9. The molecule has 0 fully saturated rings. The Kier molecular flexibility index (Phi) is 3.99. The highest BCUT2D eigenvalue weighted by Crippen LogP contribution is 2.20. The van der Waals surface area contributed by atoms with Gasteiger partial charge in [0.15, 0.2) is 0 Å². The third-order valence-electron chi connectivity index (χ3n) is 2.38. The van der Waals surface area contributed by atoms with E-state index in [1.165, 1.54) is 6.20 Å². The van der Waals surface area contributed by atoms with Crippen LogP contribution in [0.1, 0.15) is 16.1 Å². The van der Waals surface area contributed by atoms with E-state index >= 15 is 0 Å². The fraction of sp³-hybridized carbons (Fsp3) is 0.0769. The summed E-state index contributed by atoms with van der Waals surface area (Å²) in [7, 11) is 0. The third kappa shape index (κ3) is 3.09. The van der Waals surface area contributed by atoms with Gasteiger partial charge in [-0.2, -0.15) is 0 Å². The number of benzene rings is 1. The van der Waals surface area contributed by atoms with Crippen molar-refractivity contribution in [1.82, 2.24) is 4.98 Å². The summed E-state index contributed by atoms with van der Waals surface area (Å²) in [6, 6.07) is 8.82. The highest BCUT2D eigenvalue weighted by molar-refractivity contribution is 9.10. The molecule has 1 amide bonds. The van der Waals surface area contributed by atoms with Gasteiger partial charge in [0, 0.05) is 16.4 Å². The maximum Gasteiger partial charge on any atom is 0.274 e. The van der Waals surface area contributed by atoms with Gasteiger partial charge in [-0.15, -0.1) is 0 Å². The van der Waals surface area contributed by atoms with Crippen LogP contribution in [0.4, 0.5) is 5.69 Å². The molecule has 18 heavy (non-hydrogen) atoms. The minimum absolute atomic E-state index is 0.256. The minimum atomic E-state index is -0.256. The number of rotatable bonds is 2. The second kappa shape index (κ2) is 5.50. The Morgan fingerprint density at radius 3 is 2.72 bits per heavy atom. The van der Waals surface area contributed by atoms with Gasteiger partial charge in [0.1, 0.15) is 5.69 Å². The molecule has 0 saturated carbocycles. The minimum Gasteiger partial charge on any atom is -0.321 e. The first-order chi connectivity index (χ1) is 8.56. The molecule has 0 atom stereocenters. The van der Waals surface area contributed by atoms with Crippen molar-refractivity contribution in [3.8, 4) is 0 Å². The van der Waals surface area contributed by atoms with Gasteiger partial charge in [0.25, 0.3) is 5.91 Å². The smallest absolute Gasteiger partial charge is 0.274 e. The summed E-state index contributed by atoms with van der Waals surface area (Å²) in [5.41, 5.74) is 2.12. The van der Waals surface area contributed by atoms with E-state index in [0.717, 1.165) is 15.7 Å². The van der Waals surface area contributed by atoms with Crippen LogP contribution in [0, 0.1) is 6.92 Å². The summed E-state index contributed by atoms with van der Waals surface area (Å²) in [5.74, 6) is -0.256. The number of nitrogens with one attached hydrogen (secondary N) is 1. The van der Waals surface area contributed by atoms with E-state index in [-0.39, 0.29) is 5.91 Å². The number of aryl methyl sites for hydroxylation is 1. The molecule has 0 bridgehead atoms. The van der Waals surface area contributed by atoms with Crippen molar-refractivity contribution in [3.63, 3.8) is 0 Å². The summed E-state index contributed by atoms with van der Waals surface area (Å²) < 4.78 is 1.00. The average Bonchev–Trinajstić information content (AvgIpc) is 2.34. The molecule has 1 heterocycles. The monoisotopic (exact) mass is 324 g/mol. The van der Waals surface area contributed by atoms with Gasteiger partial charge in [-0.1, -0.05) is 27.5 Å². The van der Waals surface area contributed by atoms with Crippen LogP contribution in [0.5, 0.6) is 0 Å². The second-order valence-electron chi connectivity index (χ2n) is 3.78. The van der Waals surface area contributed by atoms with Crippen LogP contribution in [0.3, 0.4) is 0 Å². The highest BCUT2D eigenvalue weighted by atomic mass is 79.9. The van der Waals surface area contributed by atoms with Crippen molar-refractivity contribution < 1.29 is 4.79 Å². The number of aromatic nitrogens is 1. The SMILES string of the molecule is Cc1cc(NC(=O)c2ccc(Cl)cn2)ccc1Br. The molecule has 0 aliphatic rings. The normalized spacial score (nSPS) is 10.2. The first kappa shape index (κ1) is 13.1.